The van der Waals surface area contributed by atoms with E-state index in [-0.39, 0.29) is 6.17 Å². The van der Waals surface area contributed by atoms with Crippen LogP contribution in [0, 0.1) is 6.92 Å². The number of hydrogen-bond donors (Lipinski definition) is 2. The molecule has 5 heteroatoms. The average molecular weight is 380 g/mol. The molecule has 1 heterocycles. The molecule has 0 radical (unpaired) electrons. The van der Waals surface area contributed by atoms with Crippen LogP contribution in [0.25, 0.3) is 11.0 Å². The average Bonchev–Trinajstić information content (AvgIpc) is 3.09. The maximum absolute atomic E-state index is 12.3. The van der Waals surface area contributed by atoms with Crippen LogP contribution in [0.3, 0.4) is 0 Å². The van der Waals surface area contributed by atoms with Crippen molar-refractivity contribution in [1.82, 2.24) is 10.6 Å². The first-order valence-corrected chi connectivity index (χ1v) is 9.83. The van der Waals surface area contributed by atoms with Crippen LogP contribution < -0.4 is 10.6 Å². The van der Waals surface area contributed by atoms with E-state index < -0.39 is 6.09 Å². The minimum absolute atomic E-state index is 0.215. The van der Waals surface area contributed by atoms with Gasteiger partial charge >= 0.3 is 6.09 Å². The number of alkyl carbamates (subject to hydrolysis) is 1. The number of hydrogen-bond acceptors (Lipinski definition) is 4. The lowest BCUT2D eigenvalue weighted by molar-refractivity contribution is 0.141. The van der Waals surface area contributed by atoms with Crippen LogP contribution >= 0.6 is 0 Å². The number of carbonyl (C=O) groups is 1. The molecule has 148 valence electrons. The number of rotatable bonds is 9. The van der Waals surface area contributed by atoms with E-state index in [9.17, 15) is 4.79 Å². The van der Waals surface area contributed by atoms with Gasteiger partial charge in [0.25, 0.3) is 0 Å². The van der Waals surface area contributed by atoms with Crippen molar-refractivity contribution in [1.29, 1.82) is 0 Å². The molecule has 1 amide bonds. The Morgan fingerprint density at radius 2 is 2.04 bits per heavy atom. The molecule has 1 atom stereocenters. The fourth-order valence-corrected chi connectivity index (χ4v) is 3.22. The van der Waals surface area contributed by atoms with Gasteiger partial charge in [-0.1, -0.05) is 55.0 Å². The summed E-state index contributed by atoms with van der Waals surface area (Å²) in [6.07, 6.45) is 3.45. The third kappa shape index (κ3) is 5.60. The molecule has 0 aliphatic carbocycles. The first kappa shape index (κ1) is 20.0. The molecule has 1 aromatic heterocycles. The highest BCUT2D eigenvalue weighted by Crippen LogP contribution is 2.21. The first-order valence-electron chi connectivity index (χ1n) is 9.83. The second kappa shape index (κ2) is 9.95. The standard InChI is InChI=1S/C23H28N2O3/c1-3-12-24-22(15-19-16-28-21-10-5-4-9-20(19)21)25-23(26)27-13-11-18-8-6-7-17(2)14-18/h4-10,14,16,22,24H,3,11-13,15H2,1-2H3,(H,25,26). The monoisotopic (exact) mass is 380 g/mol. The summed E-state index contributed by atoms with van der Waals surface area (Å²) < 4.78 is 11.0. The molecule has 2 aromatic carbocycles. The van der Waals surface area contributed by atoms with Gasteiger partial charge < -0.3 is 14.5 Å². The van der Waals surface area contributed by atoms with Crippen LogP contribution in [-0.2, 0) is 17.6 Å². The number of fused-ring (bicyclic) bond motifs is 1. The number of benzene rings is 2. The molecule has 28 heavy (non-hydrogen) atoms. The molecule has 0 spiro atoms. The van der Waals surface area contributed by atoms with E-state index in [1.807, 2.05) is 36.4 Å². The number of aryl methyl sites for hydroxylation is 1. The van der Waals surface area contributed by atoms with Gasteiger partial charge in [0.1, 0.15) is 5.58 Å². The summed E-state index contributed by atoms with van der Waals surface area (Å²) in [6.45, 7) is 5.31. The van der Waals surface area contributed by atoms with Crippen molar-refractivity contribution in [3.8, 4) is 0 Å². The van der Waals surface area contributed by atoms with Crippen LogP contribution in [0.15, 0.2) is 59.2 Å². The molecule has 0 bridgehead atoms. The summed E-state index contributed by atoms with van der Waals surface area (Å²) >= 11 is 0. The maximum Gasteiger partial charge on any atom is 0.408 e. The van der Waals surface area contributed by atoms with Crippen molar-refractivity contribution >= 4 is 17.1 Å². The Hall–Kier alpha value is -2.79. The van der Waals surface area contributed by atoms with E-state index in [0.717, 1.165) is 29.5 Å². The highest BCUT2D eigenvalue weighted by atomic mass is 16.5. The van der Waals surface area contributed by atoms with E-state index in [2.05, 4.69) is 36.6 Å². The normalized spacial score (nSPS) is 12.1. The van der Waals surface area contributed by atoms with Gasteiger partial charge in [-0.05, 0) is 31.5 Å². The zero-order valence-electron chi connectivity index (χ0n) is 16.5. The van der Waals surface area contributed by atoms with Crippen molar-refractivity contribution < 1.29 is 13.9 Å². The minimum atomic E-state index is -0.408. The third-order valence-electron chi connectivity index (χ3n) is 4.62. The summed E-state index contributed by atoms with van der Waals surface area (Å²) in [6, 6.07) is 16.1. The van der Waals surface area contributed by atoms with Crippen LogP contribution in [0.1, 0.15) is 30.0 Å². The van der Waals surface area contributed by atoms with Gasteiger partial charge in [0.2, 0.25) is 0 Å². The number of nitrogens with one attached hydrogen (secondary N) is 2. The molecule has 0 saturated carbocycles. The molecule has 0 aliphatic heterocycles. The predicted molar refractivity (Wildman–Crippen MR) is 111 cm³/mol. The molecule has 0 fully saturated rings. The van der Waals surface area contributed by atoms with Gasteiger partial charge in [0.15, 0.2) is 0 Å². The van der Waals surface area contributed by atoms with Gasteiger partial charge in [-0.15, -0.1) is 0 Å². The molecule has 1 unspecified atom stereocenters. The minimum Gasteiger partial charge on any atom is -0.464 e. The van der Waals surface area contributed by atoms with E-state index in [0.29, 0.717) is 19.4 Å². The van der Waals surface area contributed by atoms with E-state index in [1.165, 1.54) is 11.1 Å². The molecular formula is C23H28N2O3. The SMILES string of the molecule is CCCNC(Cc1coc2ccccc12)NC(=O)OCCc1cccc(C)c1. The number of ether oxygens (including phenoxy) is 1. The van der Waals surface area contributed by atoms with E-state index in [1.54, 1.807) is 6.26 Å². The lowest BCUT2D eigenvalue weighted by Gasteiger charge is -2.19. The van der Waals surface area contributed by atoms with Crippen molar-refractivity contribution in [2.75, 3.05) is 13.2 Å². The molecule has 3 aromatic rings. The molecule has 5 nitrogen and oxygen atoms in total. The third-order valence-corrected chi connectivity index (χ3v) is 4.62. The summed E-state index contributed by atoms with van der Waals surface area (Å²) in [5.74, 6) is 0. The van der Waals surface area contributed by atoms with Gasteiger partial charge in [0, 0.05) is 23.8 Å². The molecule has 3 rings (SSSR count). The van der Waals surface area contributed by atoms with Crippen LogP contribution in [0.5, 0.6) is 0 Å². The second-order valence-electron chi connectivity index (χ2n) is 6.99. The van der Waals surface area contributed by atoms with Gasteiger partial charge in [0.05, 0.1) is 19.0 Å². The molecule has 2 N–H and O–H groups in total. The van der Waals surface area contributed by atoms with Crippen LogP contribution in [0.2, 0.25) is 0 Å². The van der Waals surface area contributed by atoms with Gasteiger partial charge in [-0.25, -0.2) is 4.79 Å². The predicted octanol–water partition coefficient (Wildman–Crippen LogP) is 4.58. The summed E-state index contributed by atoms with van der Waals surface area (Å²) in [5.41, 5.74) is 4.29. The van der Waals surface area contributed by atoms with Crippen molar-refractivity contribution in [3.63, 3.8) is 0 Å². The number of amides is 1. The molecule has 0 aliphatic rings. The molecule has 0 saturated heterocycles. The Morgan fingerprint density at radius 1 is 1.18 bits per heavy atom. The van der Waals surface area contributed by atoms with Crippen molar-refractivity contribution in [2.45, 2.75) is 39.3 Å². The van der Waals surface area contributed by atoms with E-state index in [4.69, 9.17) is 9.15 Å². The molecular weight excluding hydrogens is 352 g/mol. The van der Waals surface area contributed by atoms with Crippen molar-refractivity contribution in [2.24, 2.45) is 0 Å². The highest BCUT2D eigenvalue weighted by molar-refractivity contribution is 5.81. The number of para-hydroxylation sites is 1. The Labute approximate surface area is 166 Å². The van der Waals surface area contributed by atoms with Crippen LogP contribution in [-0.4, -0.2) is 25.4 Å². The topological polar surface area (TPSA) is 63.5 Å². The van der Waals surface area contributed by atoms with Crippen molar-refractivity contribution in [3.05, 3.63) is 71.5 Å². The Bertz CT molecular complexity index is 904. The zero-order valence-corrected chi connectivity index (χ0v) is 16.5. The highest BCUT2D eigenvalue weighted by Gasteiger charge is 2.16. The lowest BCUT2D eigenvalue weighted by Crippen LogP contribution is -2.47. The first-order chi connectivity index (χ1) is 13.7. The number of carbonyl (C=O) groups excluding carboxylic acids is 1. The van der Waals surface area contributed by atoms with Gasteiger partial charge in [-0.3, -0.25) is 5.32 Å². The zero-order chi connectivity index (χ0) is 19.8. The van der Waals surface area contributed by atoms with Gasteiger partial charge in [-0.2, -0.15) is 0 Å². The fourth-order valence-electron chi connectivity index (χ4n) is 3.22. The Balaban J connectivity index is 1.54. The quantitative estimate of drug-likeness (QED) is 0.534. The largest absolute Gasteiger partial charge is 0.464 e. The smallest absolute Gasteiger partial charge is 0.408 e. The number of furan rings is 1. The summed E-state index contributed by atoms with van der Waals surface area (Å²) in [5, 5.41) is 7.37. The lowest BCUT2D eigenvalue weighted by atomic mass is 10.1. The second-order valence-corrected chi connectivity index (χ2v) is 6.99. The fraction of sp³-hybridized carbons (Fsp3) is 0.348. The Kier molecular flexibility index (Phi) is 7.09. The summed E-state index contributed by atoms with van der Waals surface area (Å²) in [4.78, 5) is 12.3. The summed E-state index contributed by atoms with van der Waals surface area (Å²) in [7, 11) is 0. The maximum atomic E-state index is 12.3. The van der Waals surface area contributed by atoms with E-state index >= 15 is 0 Å². The Morgan fingerprint density at radius 3 is 2.86 bits per heavy atom. The van der Waals surface area contributed by atoms with Crippen LogP contribution in [0.4, 0.5) is 4.79 Å².